The maximum Gasteiger partial charge on any atom is 0.0967 e. The lowest BCUT2D eigenvalue weighted by Gasteiger charge is -2.08. The second-order valence-corrected chi connectivity index (χ2v) is 7.84. The Morgan fingerprint density at radius 2 is 1.37 bits per heavy atom. The molecule has 0 radical (unpaired) electrons. The second kappa shape index (κ2) is 6.60. The van der Waals surface area contributed by atoms with Crippen molar-refractivity contribution in [2.75, 3.05) is 0 Å². The Balaban J connectivity index is 1.44. The van der Waals surface area contributed by atoms with E-state index in [1.54, 1.807) is 0 Å². The molecule has 3 heterocycles. The average molecular weight is 385 g/mol. The predicted molar refractivity (Wildman–Crippen MR) is 124 cm³/mol. The standard InChI is InChI=1S/C27H19N3/c1-17-6-7-21-10-11-22-14-18(16-28-26(22)27(21)29-17)15-23-13-12-20-9-8-19-4-2-3-5-24(19)25(20)30-23/h2-14,16H,15H2,1H3. The quantitative estimate of drug-likeness (QED) is 0.324. The van der Waals surface area contributed by atoms with Crippen LogP contribution in [0.15, 0.2) is 85.1 Å². The highest BCUT2D eigenvalue weighted by Crippen LogP contribution is 2.26. The first kappa shape index (κ1) is 17.0. The van der Waals surface area contributed by atoms with Gasteiger partial charge in [0.1, 0.15) is 0 Å². The minimum atomic E-state index is 0.751. The fourth-order valence-electron chi connectivity index (χ4n) is 4.23. The Labute approximate surface area is 174 Å². The van der Waals surface area contributed by atoms with E-state index in [1.165, 1.54) is 16.2 Å². The van der Waals surface area contributed by atoms with Crippen LogP contribution in [0.5, 0.6) is 0 Å². The Morgan fingerprint density at radius 3 is 2.30 bits per heavy atom. The zero-order valence-corrected chi connectivity index (χ0v) is 16.6. The summed E-state index contributed by atoms with van der Waals surface area (Å²) in [5.41, 5.74) is 6.20. The third-order valence-corrected chi connectivity index (χ3v) is 5.73. The molecule has 142 valence electrons. The number of rotatable bonds is 2. The lowest BCUT2D eigenvalue weighted by Crippen LogP contribution is -1.95. The predicted octanol–water partition coefficient (Wildman–Crippen LogP) is 6.38. The van der Waals surface area contributed by atoms with Crippen LogP contribution in [0.1, 0.15) is 17.0 Å². The van der Waals surface area contributed by atoms with Crippen LogP contribution in [0.2, 0.25) is 0 Å². The topological polar surface area (TPSA) is 38.7 Å². The van der Waals surface area contributed by atoms with Crippen molar-refractivity contribution in [3.8, 4) is 0 Å². The van der Waals surface area contributed by atoms with Gasteiger partial charge in [0.05, 0.1) is 16.6 Å². The number of hydrogen-bond donors (Lipinski definition) is 0. The summed E-state index contributed by atoms with van der Waals surface area (Å²) >= 11 is 0. The van der Waals surface area contributed by atoms with Gasteiger partial charge in [-0.25, -0.2) is 0 Å². The highest BCUT2D eigenvalue weighted by atomic mass is 14.8. The Hall–Kier alpha value is -3.85. The van der Waals surface area contributed by atoms with Gasteiger partial charge in [0.15, 0.2) is 0 Å². The van der Waals surface area contributed by atoms with Gasteiger partial charge in [-0.2, -0.15) is 0 Å². The van der Waals surface area contributed by atoms with Crippen LogP contribution in [-0.2, 0) is 6.42 Å². The summed E-state index contributed by atoms with van der Waals surface area (Å²) < 4.78 is 0. The second-order valence-electron chi connectivity index (χ2n) is 7.84. The molecular weight excluding hydrogens is 366 g/mol. The van der Waals surface area contributed by atoms with Crippen molar-refractivity contribution in [1.82, 2.24) is 15.0 Å². The molecule has 0 N–H and O–H groups in total. The van der Waals surface area contributed by atoms with E-state index in [2.05, 4.69) is 72.8 Å². The molecule has 0 spiro atoms. The first-order chi connectivity index (χ1) is 14.7. The molecule has 0 aliphatic carbocycles. The molecule has 3 aromatic carbocycles. The fraction of sp³-hybridized carbons (Fsp3) is 0.0741. The summed E-state index contributed by atoms with van der Waals surface area (Å²) in [5, 5.41) is 5.82. The molecule has 0 saturated carbocycles. The lowest BCUT2D eigenvalue weighted by atomic mass is 10.0. The molecule has 0 amide bonds. The zero-order valence-electron chi connectivity index (χ0n) is 16.6. The summed E-state index contributed by atoms with van der Waals surface area (Å²) in [7, 11) is 0. The molecule has 6 rings (SSSR count). The largest absolute Gasteiger partial charge is 0.254 e. The van der Waals surface area contributed by atoms with Gasteiger partial charge in [-0.05, 0) is 36.1 Å². The SMILES string of the molecule is Cc1ccc2ccc3cc(Cc4ccc5ccc6ccccc6c5n4)cnc3c2n1. The molecule has 6 aromatic rings. The number of aromatic nitrogens is 3. The van der Waals surface area contributed by atoms with Crippen molar-refractivity contribution in [3.63, 3.8) is 0 Å². The number of fused-ring (bicyclic) bond motifs is 6. The van der Waals surface area contributed by atoms with Crippen LogP contribution >= 0.6 is 0 Å². The number of hydrogen-bond acceptors (Lipinski definition) is 3. The van der Waals surface area contributed by atoms with E-state index < -0.39 is 0 Å². The maximum absolute atomic E-state index is 5.00. The molecule has 0 bridgehead atoms. The smallest absolute Gasteiger partial charge is 0.0967 e. The van der Waals surface area contributed by atoms with E-state index in [0.29, 0.717) is 0 Å². The van der Waals surface area contributed by atoms with E-state index in [0.717, 1.165) is 50.7 Å². The third-order valence-electron chi connectivity index (χ3n) is 5.73. The van der Waals surface area contributed by atoms with Crippen molar-refractivity contribution in [1.29, 1.82) is 0 Å². The van der Waals surface area contributed by atoms with Gasteiger partial charge in [-0.15, -0.1) is 0 Å². The normalized spacial score (nSPS) is 11.6. The molecule has 0 unspecified atom stereocenters. The lowest BCUT2D eigenvalue weighted by molar-refractivity contribution is 1.09. The highest BCUT2D eigenvalue weighted by molar-refractivity contribution is 6.05. The van der Waals surface area contributed by atoms with Crippen LogP contribution in [0, 0.1) is 6.92 Å². The van der Waals surface area contributed by atoms with Crippen molar-refractivity contribution in [2.24, 2.45) is 0 Å². The monoisotopic (exact) mass is 385 g/mol. The Morgan fingerprint density at radius 1 is 0.633 bits per heavy atom. The average Bonchev–Trinajstić information content (AvgIpc) is 2.78. The van der Waals surface area contributed by atoms with E-state index in [9.17, 15) is 0 Å². The minimum Gasteiger partial charge on any atom is -0.254 e. The third kappa shape index (κ3) is 2.79. The molecule has 3 heteroatoms. The van der Waals surface area contributed by atoms with Crippen LogP contribution in [0.3, 0.4) is 0 Å². The summed E-state index contributed by atoms with van der Waals surface area (Å²) in [5.74, 6) is 0. The molecule has 3 aromatic heterocycles. The molecule has 0 aliphatic heterocycles. The molecule has 0 atom stereocenters. The van der Waals surface area contributed by atoms with Crippen LogP contribution < -0.4 is 0 Å². The zero-order chi connectivity index (χ0) is 20.1. The number of benzene rings is 3. The summed E-state index contributed by atoms with van der Waals surface area (Å²) in [6, 6.07) is 27.6. The molecule has 30 heavy (non-hydrogen) atoms. The molecule has 0 fully saturated rings. The van der Waals surface area contributed by atoms with Crippen LogP contribution in [0.4, 0.5) is 0 Å². The molecule has 0 saturated heterocycles. The van der Waals surface area contributed by atoms with Gasteiger partial charge in [-0.3, -0.25) is 15.0 Å². The van der Waals surface area contributed by atoms with E-state index in [4.69, 9.17) is 15.0 Å². The van der Waals surface area contributed by atoms with E-state index in [-0.39, 0.29) is 0 Å². The highest BCUT2D eigenvalue weighted by Gasteiger charge is 2.08. The van der Waals surface area contributed by atoms with Crippen LogP contribution in [-0.4, -0.2) is 15.0 Å². The summed E-state index contributed by atoms with van der Waals surface area (Å²) in [6.45, 7) is 2.02. The van der Waals surface area contributed by atoms with Gasteiger partial charge >= 0.3 is 0 Å². The summed E-state index contributed by atoms with van der Waals surface area (Å²) in [6.07, 6.45) is 2.71. The Bertz CT molecular complexity index is 1580. The van der Waals surface area contributed by atoms with E-state index in [1.807, 2.05) is 19.2 Å². The van der Waals surface area contributed by atoms with Crippen molar-refractivity contribution in [3.05, 3.63) is 102 Å². The summed E-state index contributed by atoms with van der Waals surface area (Å²) in [4.78, 5) is 14.5. The number of pyridine rings is 3. The van der Waals surface area contributed by atoms with Crippen molar-refractivity contribution >= 4 is 43.5 Å². The number of aryl methyl sites for hydroxylation is 1. The first-order valence-corrected chi connectivity index (χ1v) is 10.2. The minimum absolute atomic E-state index is 0.751. The Kier molecular flexibility index (Phi) is 3.75. The molecule has 3 nitrogen and oxygen atoms in total. The maximum atomic E-state index is 5.00. The van der Waals surface area contributed by atoms with Crippen LogP contribution in [0.25, 0.3) is 43.5 Å². The van der Waals surface area contributed by atoms with Gasteiger partial charge in [-0.1, -0.05) is 60.7 Å². The number of nitrogens with zero attached hydrogens (tertiary/aromatic N) is 3. The molecular formula is C27H19N3. The van der Waals surface area contributed by atoms with Gasteiger partial charge in [0.2, 0.25) is 0 Å². The van der Waals surface area contributed by atoms with Gasteiger partial charge in [0, 0.05) is 45.6 Å². The van der Waals surface area contributed by atoms with Crippen molar-refractivity contribution in [2.45, 2.75) is 13.3 Å². The fourth-order valence-corrected chi connectivity index (χ4v) is 4.23. The molecule has 0 aliphatic rings. The van der Waals surface area contributed by atoms with Crippen molar-refractivity contribution < 1.29 is 0 Å². The van der Waals surface area contributed by atoms with Gasteiger partial charge in [0.25, 0.3) is 0 Å². The first-order valence-electron chi connectivity index (χ1n) is 10.2. The van der Waals surface area contributed by atoms with E-state index >= 15 is 0 Å². The van der Waals surface area contributed by atoms with Gasteiger partial charge < -0.3 is 0 Å².